The summed E-state index contributed by atoms with van der Waals surface area (Å²) in [6, 6.07) is 15.4. The van der Waals surface area contributed by atoms with Crippen molar-refractivity contribution < 1.29 is 14.6 Å². The summed E-state index contributed by atoms with van der Waals surface area (Å²) in [5, 5.41) is 13.0. The van der Waals surface area contributed by atoms with Crippen LogP contribution in [0.4, 0.5) is 0 Å². The summed E-state index contributed by atoms with van der Waals surface area (Å²) < 4.78 is 5.15. The fraction of sp³-hybridized carbons (Fsp3) is 0.381. The number of carbonyl (C=O) groups is 1. The quantitative estimate of drug-likeness (QED) is 0.735. The number of ether oxygens (including phenoxy) is 1. The molecule has 4 nitrogen and oxygen atoms in total. The third-order valence-electron chi connectivity index (χ3n) is 4.18. The number of aryl methyl sites for hydroxylation is 1. The number of carbonyl (C=O) groups excluding carboxylic acids is 1. The fourth-order valence-corrected chi connectivity index (χ4v) is 2.63. The molecule has 0 spiro atoms. The van der Waals surface area contributed by atoms with E-state index in [2.05, 4.69) is 24.4 Å². The van der Waals surface area contributed by atoms with Crippen LogP contribution < -0.4 is 10.1 Å². The van der Waals surface area contributed by atoms with Gasteiger partial charge in [0.1, 0.15) is 5.75 Å². The molecule has 134 valence electrons. The van der Waals surface area contributed by atoms with Gasteiger partial charge in [-0.15, -0.1) is 0 Å². The number of amides is 1. The van der Waals surface area contributed by atoms with E-state index in [0.29, 0.717) is 12.2 Å². The number of hydrogen-bond donors (Lipinski definition) is 2. The topological polar surface area (TPSA) is 58.6 Å². The molecule has 1 unspecified atom stereocenters. The molecule has 0 fully saturated rings. The predicted octanol–water partition coefficient (Wildman–Crippen LogP) is 3.43. The molecule has 1 atom stereocenters. The molecule has 0 saturated carbocycles. The number of unbranched alkanes of at least 4 members (excludes halogenated alkanes) is 1. The maximum atomic E-state index is 12.1. The molecule has 0 bridgehead atoms. The van der Waals surface area contributed by atoms with Crippen molar-refractivity contribution >= 4 is 5.91 Å². The summed E-state index contributed by atoms with van der Waals surface area (Å²) in [4.78, 5) is 12.1. The first-order chi connectivity index (χ1) is 12.1. The van der Waals surface area contributed by atoms with Crippen molar-refractivity contribution in [2.75, 3.05) is 13.7 Å². The molecule has 0 heterocycles. The van der Waals surface area contributed by atoms with Gasteiger partial charge < -0.3 is 15.2 Å². The lowest BCUT2D eigenvalue weighted by atomic mass is 10.0. The average molecular weight is 341 g/mol. The van der Waals surface area contributed by atoms with Crippen LogP contribution in [0.5, 0.6) is 5.75 Å². The maximum absolute atomic E-state index is 12.1. The van der Waals surface area contributed by atoms with E-state index in [-0.39, 0.29) is 12.5 Å². The van der Waals surface area contributed by atoms with E-state index in [1.165, 1.54) is 18.4 Å². The molecule has 0 aliphatic heterocycles. The van der Waals surface area contributed by atoms with Crippen LogP contribution in [0.1, 0.15) is 42.6 Å². The predicted molar refractivity (Wildman–Crippen MR) is 99.7 cm³/mol. The smallest absolute Gasteiger partial charge is 0.224 e. The largest absolute Gasteiger partial charge is 0.497 e. The molecule has 2 aromatic carbocycles. The zero-order valence-electron chi connectivity index (χ0n) is 15.0. The molecular weight excluding hydrogens is 314 g/mol. The van der Waals surface area contributed by atoms with Crippen molar-refractivity contribution in [2.24, 2.45) is 0 Å². The van der Waals surface area contributed by atoms with Crippen LogP contribution in [0.3, 0.4) is 0 Å². The van der Waals surface area contributed by atoms with E-state index in [0.717, 1.165) is 17.5 Å². The molecule has 0 aromatic heterocycles. The molecule has 0 radical (unpaired) electrons. The third kappa shape index (κ3) is 6.24. The molecule has 0 aliphatic carbocycles. The third-order valence-corrected chi connectivity index (χ3v) is 4.18. The van der Waals surface area contributed by atoms with E-state index in [1.807, 2.05) is 30.3 Å². The molecule has 0 saturated heterocycles. The van der Waals surface area contributed by atoms with Crippen molar-refractivity contribution in [3.8, 4) is 5.75 Å². The van der Waals surface area contributed by atoms with Gasteiger partial charge in [0.15, 0.2) is 0 Å². The van der Waals surface area contributed by atoms with Gasteiger partial charge in [0.05, 0.1) is 19.6 Å². The fourth-order valence-electron chi connectivity index (χ4n) is 2.63. The lowest BCUT2D eigenvalue weighted by Crippen LogP contribution is -2.29. The van der Waals surface area contributed by atoms with Crippen LogP contribution >= 0.6 is 0 Å². The summed E-state index contributed by atoms with van der Waals surface area (Å²) in [6.07, 6.45) is 3.01. The Kier molecular flexibility index (Phi) is 7.48. The summed E-state index contributed by atoms with van der Waals surface area (Å²) in [6.45, 7) is 2.36. The van der Waals surface area contributed by atoms with E-state index in [4.69, 9.17) is 4.74 Å². The van der Waals surface area contributed by atoms with Crippen LogP contribution in [-0.2, 0) is 17.6 Å². The molecule has 2 N–H and O–H groups in total. The molecule has 4 heteroatoms. The Balaban J connectivity index is 1.81. The van der Waals surface area contributed by atoms with Gasteiger partial charge in [0.25, 0.3) is 0 Å². The number of benzene rings is 2. The minimum Gasteiger partial charge on any atom is -0.497 e. The highest BCUT2D eigenvalue weighted by Crippen LogP contribution is 2.18. The van der Waals surface area contributed by atoms with Crippen molar-refractivity contribution in [3.63, 3.8) is 0 Å². The summed E-state index contributed by atoms with van der Waals surface area (Å²) in [7, 11) is 1.58. The van der Waals surface area contributed by atoms with Gasteiger partial charge in [-0.05, 0) is 41.7 Å². The van der Waals surface area contributed by atoms with E-state index >= 15 is 0 Å². The number of aliphatic hydroxyl groups excluding tert-OH is 1. The summed E-state index contributed by atoms with van der Waals surface area (Å²) >= 11 is 0. The van der Waals surface area contributed by atoms with Gasteiger partial charge in [-0.25, -0.2) is 0 Å². The SMILES string of the molecule is CCCCc1ccc(CC(=O)NCC(O)c2cccc(OC)c2)cc1. The Morgan fingerprint density at radius 2 is 1.88 bits per heavy atom. The van der Waals surface area contributed by atoms with E-state index in [9.17, 15) is 9.90 Å². The second-order valence-corrected chi connectivity index (χ2v) is 6.19. The van der Waals surface area contributed by atoms with Crippen LogP contribution in [0, 0.1) is 0 Å². The number of rotatable bonds is 9. The van der Waals surface area contributed by atoms with Crippen molar-refractivity contribution in [3.05, 3.63) is 65.2 Å². The number of aliphatic hydroxyl groups is 1. The first-order valence-electron chi connectivity index (χ1n) is 8.79. The second kappa shape index (κ2) is 9.84. The average Bonchev–Trinajstić information content (AvgIpc) is 2.65. The molecule has 0 aliphatic rings. The molecular formula is C21H27NO3. The maximum Gasteiger partial charge on any atom is 0.224 e. The Morgan fingerprint density at radius 1 is 1.16 bits per heavy atom. The second-order valence-electron chi connectivity index (χ2n) is 6.19. The van der Waals surface area contributed by atoms with Gasteiger partial charge in [-0.3, -0.25) is 4.79 Å². The van der Waals surface area contributed by atoms with Gasteiger partial charge in [-0.2, -0.15) is 0 Å². The van der Waals surface area contributed by atoms with Crippen molar-refractivity contribution in [1.82, 2.24) is 5.32 Å². The monoisotopic (exact) mass is 341 g/mol. The lowest BCUT2D eigenvalue weighted by molar-refractivity contribution is -0.120. The zero-order chi connectivity index (χ0) is 18.1. The van der Waals surface area contributed by atoms with Crippen molar-refractivity contribution in [1.29, 1.82) is 0 Å². The van der Waals surface area contributed by atoms with Gasteiger partial charge in [0.2, 0.25) is 5.91 Å². The van der Waals surface area contributed by atoms with Gasteiger partial charge in [0, 0.05) is 6.54 Å². The van der Waals surface area contributed by atoms with E-state index in [1.54, 1.807) is 13.2 Å². The Hall–Kier alpha value is -2.33. The van der Waals surface area contributed by atoms with Crippen LogP contribution in [-0.4, -0.2) is 24.7 Å². The summed E-state index contributed by atoms with van der Waals surface area (Å²) in [5.41, 5.74) is 3.01. The zero-order valence-corrected chi connectivity index (χ0v) is 15.0. The first kappa shape index (κ1) is 19.0. The van der Waals surface area contributed by atoms with E-state index < -0.39 is 6.10 Å². The number of methoxy groups -OCH3 is 1. The van der Waals surface area contributed by atoms with Crippen LogP contribution in [0.25, 0.3) is 0 Å². The Bertz CT molecular complexity index is 667. The molecule has 2 rings (SSSR count). The Morgan fingerprint density at radius 3 is 2.56 bits per heavy atom. The molecule has 25 heavy (non-hydrogen) atoms. The molecule has 2 aromatic rings. The first-order valence-corrected chi connectivity index (χ1v) is 8.79. The number of hydrogen-bond acceptors (Lipinski definition) is 3. The number of nitrogens with one attached hydrogen (secondary N) is 1. The highest BCUT2D eigenvalue weighted by molar-refractivity contribution is 5.78. The highest BCUT2D eigenvalue weighted by Gasteiger charge is 2.11. The standard InChI is InChI=1S/C21H27NO3/c1-3-4-6-16-9-11-17(12-10-16)13-21(24)22-15-20(23)18-7-5-8-19(14-18)25-2/h5,7-12,14,20,23H,3-4,6,13,15H2,1-2H3,(H,22,24). The lowest BCUT2D eigenvalue weighted by Gasteiger charge is -2.13. The minimum atomic E-state index is -0.754. The van der Waals surface area contributed by atoms with Crippen LogP contribution in [0.2, 0.25) is 0 Å². The van der Waals surface area contributed by atoms with Gasteiger partial charge >= 0.3 is 0 Å². The summed E-state index contributed by atoms with van der Waals surface area (Å²) in [5.74, 6) is 0.592. The minimum absolute atomic E-state index is 0.0942. The molecule has 1 amide bonds. The van der Waals surface area contributed by atoms with Crippen LogP contribution in [0.15, 0.2) is 48.5 Å². The van der Waals surface area contributed by atoms with Gasteiger partial charge in [-0.1, -0.05) is 49.7 Å². The van der Waals surface area contributed by atoms with Crippen molar-refractivity contribution in [2.45, 2.75) is 38.7 Å². The normalized spacial score (nSPS) is 11.8. The Labute approximate surface area is 149 Å². The highest BCUT2D eigenvalue weighted by atomic mass is 16.5.